The van der Waals surface area contributed by atoms with E-state index < -0.39 is 0 Å². The van der Waals surface area contributed by atoms with E-state index in [1.165, 1.54) is 141 Å². The highest BCUT2D eigenvalue weighted by Gasteiger charge is 2.18. The smallest absolute Gasteiger partial charge is 0.0667 e. The van der Waals surface area contributed by atoms with Crippen LogP contribution < -0.4 is 0 Å². The average molecular weight is 1190 g/mol. The molecule has 0 aliphatic rings. The summed E-state index contributed by atoms with van der Waals surface area (Å²) in [5, 5.41) is 78.9. The second-order valence-corrected chi connectivity index (χ2v) is 25.6. The van der Waals surface area contributed by atoms with Crippen molar-refractivity contribution in [2.45, 2.75) is 316 Å². The van der Waals surface area contributed by atoms with Gasteiger partial charge in [-0.1, -0.05) is 221 Å². The first-order valence-electron chi connectivity index (χ1n) is 35.5. The standard InChI is InChI=1S/C37H78N2O2.C17H38N2O4.C15H34N2O2/c1-5-7-9-11-13-15-17-19-21-23-25-27-30-36(40)34-38(3)32-29-33-39(4)35-37(41)31-28-26-24-22-20-18-16-14-12-10-8-6-2;1-3-6-16(22)14-19(15-17(23)7-4-2)9-5-8-18(10-12-20)11-13-21;1-5-8-14(18)12-17(11-7-10-16(3)4)13-15(19)9-6-2/h36-37,40-41H,5-35H2,1-4H3;16-17,20-23H,3-15H2,1-2H3;14-15,18-19H,5-13H2,1-4H3. The van der Waals surface area contributed by atoms with Gasteiger partial charge in [-0.05, 0) is 125 Å². The van der Waals surface area contributed by atoms with Gasteiger partial charge < -0.3 is 55.6 Å². The molecule has 0 aromatic carbocycles. The second-order valence-electron chi connectivity index (χ2n) is 25.6. The quantitative estimate of drug-likeness (QED) is 0.0270. The van der Waals surface area contributed by atoms with Gasteiger partial charge in [-0.2, -0.15) is 0 Å². The van der Waals surface area contributed by atoms with Gasteiger partial charge >= 0.3 is 0 Å². The molecule has 0 saturated carbocycles. The fourth-order valence-corrected chi connectivity index (χ4v) is 11.3. The Morgan fingerprint density at radius 3 is 0.735 bits per heavy atom. The zero-order chi connectivity index (χ0) is 62.4. The highest BCUT2D eigenvalue weighted by molar-refractivity contribution is 4.72. The van der Waals surface area contributed by atoms with Crippen LogP contribution >= 0.6 is 0 Å². The summed E-state index contributed by atoms with van der Waals surface area (Å²) in [6.07, 6.45) is 43.2. The molecule has 0 aromatic heterocycles. The Balaban J connectivity index is -0.00000128. The van der Waals surface area contributed by atoms with Gasteiger partial charge in [0.25, 0.3) is 0 Å². The summed E-state index contributed by atoms with van der Waals surface area (Å²) < 4.78 is 0. The zero-order valence-electron chi connectivity index (χ0n) is 57.2. The van der Waals surface area contributed by atoms with Crippen molar-refractivity contribution < 1.29 is 40.9 Å². The number of hydrogen-bond donors (Lipinski definition) is 8. The topological polar surface area (TPSA) is 181 Å². The van der Waals surface area contributed by atoms with Crippen LogP contribution in [0, 0.1) is 0 Å². The maximum absolute atomic E-state index is 10.4. The number of likely N-dealkylation sites (N-methyl/N-ethyl adjacent to an activating group) is 2. The lowest BCUT2D eigenvalue weighted by Crippen LogP contribution is -2.40. The van der Waals surface area contributed by atoms with Crippen molar-refractivity contribution in [3.05, 3.63) is 0 Å². The SMILES string of the molecule is CCCC(O)CN(CCCN(C)C)CC(O)CCC.CCCC(O)CN(CCCN(CCO)CCO)CC(O)CCC.CCCCCCCCCCCCCCC(O)CN(C)CCCN(C)CC(O)CCCCCCCCCCCCCC. The molecule has 8 N–H and O–H groups in total. The number of nitrogens with zero attached hydrogens (tertiary/aromatic N) is 6. The molecule has 0 amide bonds. The highest BCUT2D eigenvalue weighted by Crippen LogP contribution is 2.16. The van der Waals surface area contributed by atoms with E-state index in [9.17, 15) is 30.6 Å². The molecule has 0 heterocycles. The number of rotatable bonds is 62. The third kappa shape index (κ3) is 67.2. The van der Waals surface area contributed by atoms with Crippen molar-refractivity contribution in [1.82, 2.24) is 29.4 Å². The van der Waals surface area contributed by atoms with Crippen molar-refractivity contribution in [3.63, 3.8) is 0 Å². The molecule has 6 unspecified atom stereocenters. The molecule has 83 heavy (non-hydrogen) atoms. The molecule has 0 fully saturated rings. The summed E-state index contributed by atoms with van der Waals surface area (Å²) in [6, 6.07) is 0. The fourth-order valence-electron chi connectivity index (χ4n) is 11.3. The molecular formula is C69H150N6O8. The average Bonchev–Trinajstić information content (AvgIpc) is 3.42. The van der Waals surface area contributed by atoms with Crippen LogP contribution in [0.15, 0.2) is 0 Å². The molecule has 6 atom stereocenters. The van der Waals surface area contributed by atoms with E-state index >= 15 is 0 Å². The first-order valence-corrected chi connectivity index (χ1v) is 35.5. The Hall–Kier alpha value is -0.560. The molecule has 0 rings (SSSR count). The minimum atomic E-state index is -0.347. The number of aliphatic hydroxyl groups excluding tert-OH is 8. The molecule has 0 aliphatic heterocycles. The monoisotopic (exact) mass is 1190 g/mol. The van der Waals surface area contributed by atoms with E-state index in [1.54, 1.807) is 0 Å². The van der Waals surface area contributed by atoms with Crippen LogP contribution in [-0.4, -0.2) is 240 Å². The molecule has 14 heteroatoms. The summed E-state index contributed by atoms with van der Waals surface area (Å²) in [7, 11) is 8.41. The Morgan fingerprint density at radius 1 is 0.229 bits per heavy atom. The third-order valence-electron chi connectivity index (χ3n) is 16.1. The summed E-state index contributed by atoms with van der Waals surface area (Å²) in [5.74, 6) is 0. The van der Waals surface area contributed by atoms with E-state index in [0.717, 1.165) is 149 Å². The van der Waals surface area contributed by atoms with Crippen LogP contribution in [0.5, 0.6) is 0 Å². The van der Waals surface area contributed by atoms with E-state index in [-0.39, 0.29) is 49.8 Å². The first-order chi connectivity index (χ1) is 40.0. The van der Waals surface area contributed by atoms with Gasteiger partial charge in [-0.3, -0.25) is 14.7 Å². The second kappa shape index (κ2) is 67.4. The van der Waals surface area contributed by atoms with Crippen LogP contribution in [0.2, 0.25) is 0 Å². The van der Waals surface area contributed by atoms with Crippen LogP contribution in [0.25, 0.3) is 0 Å². The number of unbranched alkanes of at least 4 members (excludes halogenated alkanes) is 22. The molecule has 0 spiro atoms. The van der Waals surface area contributed by atoms with Crippen LogP contribution in [-0.2, 0) is 0 Å². The highest BCUT2D eigenvalue weighted by atomic mass is 16.3. The predicted octanol–water partition coefficient (Wildman–Crippen LogP) is 12.0. The normalized spacial score (nSPS) is 14.2. The molecule has 14 nitrogen and oxygen atoms in total. The van der Waals surface area contributed by atoms with Gasteiger partial charge in [0.2, 0.25) is 0 Å². The van der Waals surface area contributed by atoms with Gasteiger partial charge in [0.05, 0.1) is 49.8 Å². The molecule has 0 aromatic rings. The first kappa shape index (κ1) is 86.6. The fraction of sp³-hybridized carbons (Fsp3) is 1.00. The largest absolute Gasteiger partial charge is 0.395 e. The minimum Gasteiger partial charge on any atom is -0.395 e. The van der Waals surface area contributed by atoms with E-state index in [2.05, 4.69) is 94.2 Å². The number of aliphatic hydroxyl groups is 8. The van der Waals surface area contributed by atoms with Crippen LogP contribution in [0.4, 0.5) is 0 Å². The summed E-state index contributed by atoms with van der Waals surface area (Å²) in [4.78, 5) is 13.1. The summed E-state index contributed by atoms with van der Waals surface area (Å²) >= 11 is 0. The molecular weight excluding hydrogens is 1040 g/mol. The summed E-state index contributed by atoms with van der Waals surface area (Å²) in [5.41, 5.74) is 0. The molecule has 504 valence electrons. The Kier molecular flexibility index (Phi) is 70.3. The third-order valence-corrected chi connectivity index (χ3v) is 16.1. The lowest BCUT2D eigenvalue weighted by atomic mass is 10.0. The predicted molar refractivity (Wildman–Crippen MR) is 358 cm³/mol. The van der Waals surface area contributed by atoms with Gasteiger partial charge in [-0.25, -0.2) is 0 Å². The van der Waals surface area contributed by atoms with E-state index in [1.807, 2.05) is 4.90 Å². The van der Waals surface area contributed by atoms with Gasteiger partial charge in [0.1, 0.15) is 0 Å². The lowest BCUT2D eigenvalue weighted by molar-refractivity contribution is 0.0588. The van der Waals surface area contributed by atoms with Crippen LogP contribution in [0.3, 0.4) is 0 Å². The van der Waals surface area contributed by atoms with E-state index in [0.29, 0.717) is 39.3 Å². The van der Waals surface area contributed by atoms with E-state index in [4.69, 9.17) is 10.2 Å². The van der Waals surface area contributed by atoms with Crippen molar-refractivity contribution in [2.75, 3.05) is 133 Å². The Morgan fingerprint density at radius 2 is 0.470 bits per heavy atom. The van der Waals surface area contributed by atoms with Crippen LogP contribution in [0.1, 0.15) is 279 Å². The van der Waals surface area contributed by atoms with Crippen molar-refractivity contribution in [2.24, 2.45) is 0 Å². The van der Waals surface area contributed by atoms with Gasteiger partial charge in [0.15, 0.2) is 0 Å². The lowest BCUT2D eigenvalue weighted by Gasteiger charge is -2.28. The Labute approximate surface area is 516 Å². The molecule has 0 saturated heterocycles. The zero-order valence-corrected chi connectivity index (χ0v) is 57.2. The summed E-state index contributed by atoms with van der Waals surface area (Å²) in [6.45, 7) is 23.9. The van der Waals surface area contributed by atoms with Crippen molar-refractivity contribution in [3.8, 4) is 0 Å². The Bertz CT molecular complexity index is 1140. The molecule has 0 radical (unpaired) electrons. The van der Waals surface area contributed by atoms with Gasteiger partial charge in [-0.15, -0.1) is 0 Å². The molecule has 0 aliphatic carbocycles. The van der Waals surface area contributed by atoms with Crippen molar-refractivity contribution in [1.29, 1.82) is 0 Å². The van der Waals surface area contributed by atoms with Gasteiger partial charge in [0, 0.05) is 52.4 Å². The molecule has 0 bridgehead atoms. The maximum atomic E-state index is 10.4. The minimum absolute atomic E-state index is 0.0914. The maximum Gasteiger partial charge on any atom is 0.0667 e. The van der Waals surface area contributed by atoms with Crippen molar-refractivity contribution >= 4 is 0 Å². The number of hydrogen-bond acceptors (Lipinski definition) is 14.